The molecule has 2 fully saturated rings. The van der Waals surface area contributed by atoms with E-state index in [1.807, 2.05) is 18.2 Å². The molecular formula is C55H63N5O16. The van der Waals surface area contributed by atoms with Crippen LogP contribution in [0.3, 0.4) is 0 Å². The smallest absolute Gasteiger partial charge is 0.329 e. The largest absolute Gasteiger partial charge is 0.493 e. The number of rotatable bonds is 25. The monoisotopic (exact) mass is 1050 g/mol. The third-order valence-electron chi connectivity index (χ3n) is 13.2. The van der Waals surface area contributed by atoms with Gasteiger partial charge in [0.25, 0.3) is 23.6 Å². The van der Waals surface area contributed by atoms with Crippen LogP contribution >= 0.6 is 0 Å². The number of hydrogen-bond donors (Lipinski definition) is 3. The van der Waals surface area contributed by atoms with Gasteiger partial charge < -0.3 is 53.4 Å². The van der Waals surface area contributed by atoms with Crippen molar-refractivity contribution < 1.29 is 76.3 Å². The fourth-order valence-electron chi connectivity index (χ4n) is 9.34. The summed E-state index contributed by atoms with van der Waals surface area (Å²) in [6, 6.07) is 18.4. The summed E-state index contributed by atoms with van der Waals surface area (Å²) in [5.41, 5.74) is 2.13. The summed E-state index contributed by atoms with van der Waals surface area (Å²) in [4.78, 5) is 107. The molecule has 0 bridgehead atoms. The summed E-state index contributed by atoms with van der Waals surface area (Å²) in [5, 5.41) is 7.69. The first kappa shape index (κ1) is 55.4. The van der Waals surface area contributed by atoms with Crippen LogP contribution in [0.2, 0.25) is 0 Å². The Bertz CT molecular complexity index is 2790. The van der Waals surface area contributed by atoms with Gasteiger partial charge in [-0.25, -0.2) is 4.79 Å². The Morgan fingerprint density at radius 2 is 1.36 bits per heavy atom. The third kappa shape index (κ3) is 13.5. The first-order valence-electron chi connectivity index (χ1n) is 25.0. The Labute approximate surface area is 439 Å². The van der Waals surface area contributed by atoms with Crippen LogP contribution in [0.1, 0.15) is 94.9 Å². The van der Waals surface area contributed by atoms with Gasteiger partial charge in [-0.2, -0.15) is 0 Å². The fraction of sp³-hybridized carbons (Fsp3) is 0.418. The molecule has 7 rings (SSSR count). The maximum atomic E-state index is 14.3. The predicted molar refractivity (Wildman–Crippen MR) is 272 cm³/mol. The number of carbonyl (C=O) groups is 8. The topological polar surface area (TPSA) is 253 Å². The van der Waals surface area contributed by atoms with Crippen molar-refractivity contribution in [3.63, 3.8) is 0 Å². The summed E-state index contributed by atoms with van der Waals surface area (Å²) in [5.74, 6) is -1.59. The van der Waals surface area contributed by atoms with E-state index in [0.29, 0.717) is 90.8 Å². The van der Waals surface area contributed by atoms with Crippen molar-refractivity contribution in [3.05, 3.63) is 101 Å². The van der Waals surface area contributed by atoms with E-state index in [9.17, 15) is 38.4 Å². The normalized spacial score (nSPS) is 16.4. The van der Waals surface area contributed by atoms with Crippen molar-refractivity contribution in [1.29, 1.82) is 0 Å². The Hall–Kier alpha value is -8.36. The lowest BCUT2D eigenvalue weighted by molar-refractivity contribution is -0.162. The molecule has 21 nitrogen and oxygen atoms in total. The minimum Gasteiger partial charge on any atom is -0.493 e. The summed E-state index contributed by atoms with van der Waals surface area (Å²) in [6.07, 6.45) is 2.93. The van der Waals surface area contributed by atoms with Gasteiger partial charge in [0.2, 0.25) is 23.5 Å². The zero-order chi connectivity index (χ0) is 54.3. The Morgan fingerprint density at radius 3 is 2.03 bits per heavy atom. The number of carbonyl (C=O) groups excluding carboxylic acids is 8. The highest BCUT2D eigenvalue weighted by Crippen LogP contribution is 2.39. The number of aryl methyl sites for hydroxylation is 1. The number of likely N-dealkylation sites (tertiary alicyclic amines) is 1. The van der Waals surface area contributed by atoms with E-state index in [-0.39, 0.29) is 61.1 Å². The van der Waals surface area contributed by atoms with E-state index in [2.05, 4.69) is 16.0 Å². The number of methoxy groups -OCH3 is 5. The van der Waals surface area contributed by atoms with Crippen LogP contribution in [-0.4, -0.2) is 138 Å². The number of amides is 7. The molecule has 7 amide bonds. The van der Waals surface area contributed by atoms with Crippen LogP contribution in [0, 0.1) is 0 Å². The molecule has 0 saturated carbocycles. The van der Waals surface area contributed by atoms with Crippen molar-refractivity contribution in [3.8, 4) is 40.2 Å². The third-order valence-corrected chi connectivity index (χ3v) is 13.2. The minimum atomic E-state index is -1.14. The van der Waals surface area contributed by atoms with E-state index in [1.165, 1.54) is 39.5 Å². The lowest BCUT2D eigenvalue weighted by atomic mass is 9.99. The molecule has 0 aliphatic carbocycles. The lowest BCUT2D eigenvalue weighted by Gasteiger charge is -2.35. The van der Waals surface area contributed by atoms with Gasteiger partial charge in [-0.3, -0.25) is 43.8 Å². The number of nitrogens with one attached hydrogen (secondary N) is 3. The molecule has 21 heteroatoms. The van der Waals surface area contributed by atoms with Crippen LogP contribution in [0.15, 0.2) is 72.8 Å². The molecule has 1 unspecified atom stereocenters. The van der Waals surface area contributed by atoms with Gasteiger partial charge in [0.05, 0.1) is 53.1 Å². The summed E-state index contributed by atoms with van der Waals surface area (Å²) < 4.78 is 45.3. The standard InChI is InChI=1S/C55H63N5O16/c1-69-41-21-18-33(26-43(41)70-2)17-20-40(76-55(68)39-15-6-9-25-59(39)49(64)29-34-27-44(71-3)51(73-5)45(28-34)72-4)35-12-10-13-36(30-35)74-31-47(62)56-23-7-8-24-57-48(63)32-75-42-16-11-14-37-50(42)54(67)60(53(37)66)38-19-22-46(61)58-52(38)65/h10-14,16,18,21,26-28,30,38-40H,6-9,15,17,19-20,22-25,29,31-32H2,1-5H3,(H,56,62)(H,57,63)(H,58,61,65)/t38?,39-,40+/m0/s1. The van der Waals surface area contributed by atoms with Crippen molar-refractivity contribution in [2.75, 3.05) is 68.4 Å². The number of fused-ring (bicyclic) bond motifs is 1. The second-order valence-electron chi connectivity index (χ2n) is 18.1. The highest BCUT2D eigenvalue weighted by Gasteiger charge is 2.46. The molecule has 0 aromatic heterocycles. The number of esters is 1. The molecule has 2 saturated heterocycles. The van der Waals surface area contributed by atoms with Crippen LogP contribution in [-0.2, 0) is 46.3 Å². The second-order valence-corrected chi connectivity index (χ2v) is 18.1. The van der Waals surface area contributed by atoms with E-state index < -0.39 is 60.3 Å². The van der Waals surface area contributed by atoms with Crippen LogP contribution in [0.4, 0.5) is 0 Å². The number of benzene rings is 4. The van der Waals surface area contributed by atoms with Crippen molar-refractivity contribution in [2.24, 2.45) is 0 Å². The average Bonchev–Trinajstić information content (AvgIpc) is 3.74. The summed E-state index contributed by atoms with van der Waals surface area (Å²) in [6.45, 7) is 0.175. The molecule has 3 atom stereocenters. The molecule has 3 aliphatic heterocycles. The van der Waals surface area contributed by atoms with Crippen LogP contribution in [0.25, 0.3) is 0 Å². The maximum Gasteiger partial charge on any atom is 0.329 e. The molecule has 0 radical (unpaired) electrons. The number of nitrogens with zero attached hydrogens (tertiary/aromatic N) is 2. The molecule has 4 aromatic carbocycles. The van der Waals surface area contributed by atoms with Gasteiger partial charge in [0.1, 0.15) is 29.7 Å². The molecular weight excluding hydrogens is 987 g/mol. The van der Waals surface area contributed by atoms with Crippen molar-refractivity contribution in [2.45, 2.75) is 82.4 Å². The Balaban J connectivity index is 0.901. The highest BCUT2D eigenvalue weighted by molar-refractivity contribution is 6.24. The van der Waals surface area contributed by atoms with Gasteiger partial charge in [-0.05, 0) is 117 Å². The van der Waals surface area contributed by atoms with Gasteiger partial charge in [0, 0.05) is 26.1 Å². The van der Waals surface area contributed by atoms with Crippen molar-refractivity contribution in [1.82, 2.24) is 25.8 Å². The zero-order valence-electron chi connectivity index (χ0n) is 43.2. The highest BCUT2D eigenvalue weighted by atomic mass is 16.5. The SMILES string of the molecule is COc1ccc(CC[C@@H](OC(=O)[C@@H]2CCCCN2C(=O)Cc2cc(OC)c(OC)c(OC)c2)c2cccc(OCC(=O)NCCCCNC(=O)COc3cccc4c3C(=O)N(C3CCC(=O)NC3=O)C4=O)c2)cc1OC. The fourth-order valence-corrected chi connectivity index (χ4v) is 9.34. The molecule has 4 aromatic rings. The molecule has 404 valence electrons. The van der Waals surface area contributed by atoms with E-state index in [4.69, 9.17) is 37.9 Å². The van der Waals surface area contributed by atoms with Crippen LogP contribution < -0.4 is 49.1 Å². The molecule has 76 heavy (non-hydrogen) atoms. The van der Waals surface area contributed by atoms with Gasteiger partial charge in [0.15, 0.2) is 36.2 Å². The van der Waals surface area contributed by atoms with Crippen molar-refractivity contribution >= 4 is 47.3 Å². The van der Waals surface area contributed by atoms with Gasteiger partial charge in [-0.1, -0.05) is 24.3 Å². The van der Waals surface area contributed by atoms with Crippen LogP contribution in [0.5, 0.6) is 40.2 Å². The number of imide groups is 2. The number of piperidine rings is 2. The molecule has 0 spiro atoms. The number of unbranched alkanes of at least 4 members (excludes halogenated alkanes) is 1. The minimum absolute atomic E-state index is 0.00419. The van der Waals surface area contributed by atoms with Gasteiger partial charge in [-0.15, -0.1) is 0 Å². The van der Waals surface area contributed by atoms with Gasteiger partial charge >= 0.3 is 5.97 Å². The van der Waals surface area contributed by atoms with E-state index in [0.717, 1.165) is 23.3 Å². The zero-order valence-corrected chi connectivity index (χ0v) is 43.2. The summed E-state index contributed by atoms with van der Waals surface area (Å²) >= 11 is 0. The number of hydrogen-bond acceptors (Lipinski definition) is 16. The first-order chi connectivity index (χ1) is 36.8. The second kappa shape index (κ2) is 26.2. The predicted octanol–water partition coefficient (Wildman–Crippen LogP) is 4.44. The first-order valence-corrected chi connectivity index (χ1v) is 25.0. The average molecular weight is 1050 g/mol. The Morgan fingerprint density at radius 1 is 0.684 bits per heavy atom. The summed E-state index contributed by atoms with van der Waals surface area (Å²) in [7, 11) is 7.61. The number of ether oxygens (including phenoxy) is 8. The van der Waals surface area contributed by atoms with E-state index in [1.54, 1.807) is 55.5 Å². The molecule has 3 heterocycles. The quantitative estimate of drug-likeness (QED) is 0.0471. The Kier molecular flexibility index (Phi) is 19.1. The lowest BCUT2D eigenvalue weighted by Crippen LogP contribution is -2.54. The maximum absolute atomic E-state index is 14.3. The molecule has 3 aliphatic rings. The molecule has 3 N–H and O–H groups in total. The van der Waals surface area contributed by atoms with E-state index >= 15 is 0 Å².